The number of carbonyl (C=O) groups is 3. The van der Waals surface area contributed by atoms with Crippen LogP contribution in [0.4, 0.5) is 26.9 Å². The largest absolute Gasteiger partial charge is 0.457 e. The number of hydrogen-bond acceptors (Lipinski definition) is 7. The maximum atomic E-state index is 13.7. The molecule has 4 aromatic rings. The Morgan fingerprint density at radius 3 is 2.63 bits per heavy atom. The summed E-state index contributed by atoms with van der Waals surface area (Å²) >= 11 is 1.29. The van der Waals surface area contributed by atoms with Crippen LogP contribution in [0.3, 0.4) is 0 Å². The Labute approximate surface area is 271 Å². The van der Waals surface area contributed by atoms with Crippen LogP contribution >= 0.6 is 11.3 Å². The lowest BCUT2D eigenvalue weighted by Gasteiger charge is -2.32. The molecule has 2 aromatic carbocycles. The number of para-hydroxylation sites is 1. The minimum atomic E-state index is -0.466. The average molecular weight is 635 g/mol. The molecule has 1 unspecified atom stereocenters. The van der Waals surface area contributed by atoms with Gasteiger partial charge in [-0.05, 0) is 67.1 Å². The number of aryl methyl sites for hydroxylation is 1. The number of nitrogens with one attached hydrogen (secondary N) is 2. The smallest absolute Gasteiger partial charge is 0.331 e. The predicted octanol–water partition coefficient (Wildman–Crippen LogP) is 7.75. The highest BCUT2D eigenvalue weighted by molar-refractivity contribution is 7.23. The van der Waals surface area contributed by atoms with Crippen LogP contribution in [0.2, 0.25) is 0 Å². The first-order valence-electron chi connectivity index (χ1n) is 15.1. The number of hydrogen-bond donors (Lipinski definition) is 2. The molecule has 2 aliphatic heterocycles. The summed E-state index contributed by atoms with van der Waals surface area (Å²) in [6.45, 7) is 8.40. The lowest BCUT2D eigenvalue weighted by molar-refractivity contribution is -0.130. The molecule has 1 atom stereocenters. The van der Waals surface area contributed by atoms with Gasteiger partial charge in [0.15, 0.2) is 0 Å². The van der Waals surface area contributed by atoms with Crippen LogP contribution in [0.15, 0.2) is 72.4 Å². The van der Waals surface area contributed by atoms with Gasteiger partial charge in [-0.15, -0.1) is 0 Å². The molecule has 0 aliphatic carbocycles. The highest BCUT2D eigenvalue weighted by Gasteiger charge is 2.34. The number of ether oxygens (including phenoxy) is 1. The van der Waals surface area contributed by atoms with Crippen LogP contribution in [0.25, 0.3) is 10.2 Å². The molecule has 1 saturated heterocycles. The molecule has 4 amide bonds. The minimum Gasteiger partial charge on any atom is -0.457 e. The monoisotopic (exact) mass is 634 g/mol. The zero-order valence-corrected chi connectivity index (χ0v) is 26.9. The molecule has 46 heavy (non-hydrogen) atoms. The second-order valence-electron chi connectivity index (χ2n) is 12.6. The van der Waals surface area contributed by atoms with Gasteiger partial charge in [0.1, 0.15) is 33.0 Å². The number of rotatable bonds is 6. The maximum absolute atomic E-state index is 13.7. The van der Waals surface area contributed by atoms with Crippen molar-refractivity contribution in [2.45, 2.75) is 40.5 Å². The van der Waals surface area contributed by atoms with Crippen LogP contribution in [-0.2, 0) is 9.59 Å². The van der Waals surface area contributed by atoms with E-state index in [0.717, 1.165) is 16.7 Å². The van der Waals surface area contributed by atoms with Crippen LogP contribution in [-0.4, -0.2) is 40.8 Å². The number of carbonyl (C=O) groups excluding carboxylic acids is 3. The van der Waals surface area contributed by atoms with Crippen molar-refractivity contribution in [3.8, 4) is 17.6 Å². The third-order valence-electron chi connectivity index (χ3n) is 7.88. The molecule has 4 heterocycles. The zero-order valence-electron chi connectivity index (χ0n) is 26.1. The van der Waals surface area contributed by atoms with Gasteiger partial charge < -0.3 is 20.3 Å². The molecular weight excluding hydrogens is 600 g/mol. The first-order valence-corrected chi connectivity index (χ1v) is 15.9. The maximum Gasteiger partial charge on any atom is 0.331 e. The third kappa shape index (κ3) is 6.17. The quantitative estimate of drug-likeness (QED) is 0.165. The lowest BCUT2D eigenvalue weighted by Crippen LogP contribution is -2.44. The molecule has 2 aromatic heterocycles. The number of likely N-dealkylation sites (tertiary alicyclic amines) is 1. The van der Waals surface area contributed by atoms with Crippen LogP contribution in [0.1, 0.15) is 39.2 Å². The van der Waals surface area contributed by atoms with E-state index in [-0.39, 0.29) is 35.4 Å². The summed E-state index contributed by atoms with van der Waals surface area (Å²) in [6, 6.07) is 18.5. The first kappa shape index (κ1) is 30.8. The molecule has 1 fully saturated rings. The average Bonchev–Trinajstić information content (AvgIpc) is 3.37. The summed E-state index contributed by atoms with van der Waals surface area (Å²) in [7, 11) is 0. The number of pyridine rings is 1. The Balaban J connectivity index is 1.23. The summed E-state index contributed by atoms with van der Waals surface area (Å²) in [5.74, 6) is 0.301. The first-order chi connectivity index (χ1) is 22.0. The van der Waals surface area contributed by atoms with Gasteiger partial charge in [-0.3, -0.25) is 14.5 Å². The van der Waals surface area contributed by atoms with Crippen molar-refractivity contribution in [3.63, 3.8) is 0 Å². The number of urea groups is 1. The van der Waals surface area contributed by atoms with E-state index >= 15 is 0 Å². The summed E-state index contributed by atoms with van der Waals surface area (Å²) in [5.41, 5.74) is 2.45. The van der Waals surface area contributed by atoms with E-state index < -0.39 is 5.92 Å². The standard InChI is InChI=1S/C35H34N6O4S/c1-21-17-25(45-24-10-6-5-7-11-24)12-13-26(21)41-27-14-15-37-31-28(27)29(38-34(41)44)32(46-31)39-30(42)22-9-8-16-40(20-22)33(43)23(19-36)18-35(2,3)4/h5-7,10-15,17-18,22H,8-9,16,20H2,1-4H3,(H,38,44)(H,39,42). The van der Waals surface area contributed by atoms with Gasteiger partial charge in [0.05, 0.1) is 28.4 Å². The molecule has 0 saturated carbocycles. The second-order valence-corrected chi connectivity index (χ2v) is 13.6. The normalized spacial score (nSPS) is 16.5. The summed E-state index contributed by atoms with van der Waals surface area (Å²) < 4.78 is 5.98. The van der Waals surface area contributed by atoms with Gasteiger partial charge in [-0.1, -0.05) is 56.4 Å². The van der Waals surface area contributed by atoms with Crippen LogP contribution in [0, 0.1) is 29.6 Å². The summed E-state index contributed by atoms with van der Waals surface area (Å²) in [4.78, 5) is 48.7. The Kier molecular flexibility index (Phi) is 8.23. The topological polar surface area (TPSA) is 128 Å². The Morgan fingerprint density at radius 2 is 1.91 bits per heavy atom. The molecule has 11 heteroatoms. The number of amides is 4. The molecule has 6 rings (SSSR count). The molecule has 0 radical (unpaired) electrons. The van der Waals surface area contributed by atoms with E-state index in [2.05, 4.69) is 15.6 Å². The van der Waals surface area contributed by atoms with E-state index in [1.807, 2.05) is 82.3 Å². The van der Waals surface area contributed by atoms with Crippen LogP contribution in [0.5, 0.6) is 11.5 Å². The van der Waals surface area contributed by atoms with Crippen molar-refractivity contribution < 1.29 is 19.1 Å². The summed E-state index contributed by atoms with van der Waals surface area (Å²) in [6.07, 6.45) is 4.57. The van der Waals surface area contributed by atoms with E-state index in [4.69, 9.17) is 4.74 Å². The second kappa shape index (κ2) is 12.3. The lowest BCUT2D eigenvalue weighted by atomic mass is 9.92. The van der Waals surface area contributed by atoms with Crippen molar-refractivity contribution in [2.24, 2.45) is 11.3 Å². The van der Waals surface area contributed by atoms with Gasteiger partial charge in [-0.2, -0.15) is 5.26 Å². The number of nitrogens with zero attached hydrogens (tertiary/aromatic N) is 4. The molecule has 0 bridgehead atoms. The van der Waals surface area contributed by atoms with Gasteiger partial charge in [0.2, 0.25) is 5.91 Å². The Hall–Kier alpha value is -5.21. The fraction of sp³-hybridized carbons (Fsp3) is 0.286. The van der Waals surface area contributed by atoms with Crippen LogP contribution < -0.4 is 20.3 Å². The van der Waals surface area contributed by atoms with Gasteiger partial charge >= 0.3 is 6.03 Å². The number of thiophene rings is 1. The number of allylic oxidation sites excluding steroid dienone is 1. The van der Waals surface area contributed by atoms with Gasteiger partial charge in [-0.25, -0.2) is 9.78 Å². The van der Waals surface area contributed by atoms with E-state index in [1.165, 1.54) is 11.3 Å². The third-order valence-corrected chi connectivity index (χ3v) is 8.89. The number of nitriles is 1. The fourth-order valence-electron chi connectivity index (χ4n) is 5.81. The number of piperidine rings is 1. The predicted molar refractivity (Wildman–Crippen MR) is 180 cm³/mol. The Bertz CT molecular complexity index is 1920. The summed E-state index contributed by atoms with van der Waals surface area (Å²) in [5, 5.41) is 16.8. The highest BCUT2D eigenvalue weighted by atomic mass is 32.1. The van der Waals surface area contributed by atoms with Crippen molar-refractivity contribution in [3.05, 3.63) is 78.0 Å². The molecule has 234 valence electrons. The van der Waals surface area contributed by atoms with E-state index in [0.29, 0.717) is 52.0 Å². The number of aromatic nitrogens is 1. The molecule has 2 aliphatic rings. The van der Waals surface area contributed by atoms with Gasteiger partial charge in [0.25, 0.3) is 5.91 Å². The highest BCUT2D eigenvalue weighted by Crippen LogP contribution is 2.49. The molecule has 10 nitrogen and oxygen atoms in total. The molecule has 0 spiro atoms. The SMILES string of the molecule is Cc1cc(Oc2ccccc2)ccc1N1C(=O)Nc2c(NC(=O)C3CCCN(C(=O)C(C#N)=CC(C)(C)C)C3)sc3nccc1c23. The van der Waals surface area contributed by atoms with Crippen molar-refractivity contribution in [2.75, 3.05) is 28.6 Å². The number of benzene rings is 2. The fourth-order valence-corrected chi connectivity index (χ4v) is 6.84. The van der Waals surface area contributed by atoms with E-state index in [1.54, 1.807) is 28.1 Å². The molecule has 2 N–H and O–H groups in total. The van der Waals surface area contributed by atoms with Crippen molar-refractivity contribution >= 4 is 61.5 Å². The van der Waals surface area contributed by atoms with Crippen molar-refractivity contribution in [1.82, 2.24) is 9.88 Å². The Morgan fingerprint density at radius 1 is 1.13 bits per heavy atom. The zero-order chi connectivity index (χ0) is 32.6. The van der Waals surface area contributed by atoms with Crippen molar-refractivity contribution in [1.29, 1.82) is 5.26 Å². The minimum absolute atomic E-state index is 0.0851. The van der Waals surface area contributed by atoms with Gasteiger partial charge in [0, 0.05) is 19.3 Å². The number of anilines is 4. The molecular formula is C35H34N6O4S. The van der Waals surface area contributed by atoms with E-state index in [9.17, 15) is 19.6 Å².